The minimum Gasteiger partial charge on any atom is -0.508 e. The summed E-state index contributed by atoms with van der Waals surface area (Å²) in [5, 5.41) is 16.4. The number of phenolic OH excluding ortho intramolecular Hbond substituents is 1. The zero-order chi connectivity index (χ0) is 16.4. The summed E-state index contributed by atoms with van der Waals surface area (Å²) in [6, 6.07) is 13.6. The van der Waals surface area contributed by atoms with Crippen LogP contribution in [-0.4, -0.2) is 25.8 Å². The molecule has 0 radical (unpaired) electrons. The van der Waals surface area contributed by atoms with Gasteiger partial charge in [0.15, 0.2) is 0 Å². The molecular weight excluding hydrogens is 294 g/mol. The molecule has 1 aromatic heterocycles. The number of hydrogen-bond donors (Lipinski definition) is 3. The molecule has 3 rings (SSSR count). The molecule has 7 heteroatoms. The van der Waals surface area contributed by atoms with Crippen molar-refractivity contribution in [2.45, 2.75) is 6.92 Å². The molecule has 0 spiro atoms. The van der Waals surface area contributed by atoms with Crippen molar-refractivity contribution in [3.8, 4) is 5.75 Å². The first-order valence-electron chi connectivity index (χ1n) is 6.93. The SMILES string of the molecule is Cc1cccc(C(=O)n2nc(Nc3cccc(O)c3)nc2N)c1. The van der Waals surface area contributed by atoms with E-state index in [2.05, 4.69) is 15.4 Å². The molecule has 0 aliphatic rings. The Hall–Kier alpha value is -3.35. The van der Waals surface area contributed by atoms with Gasteiger partial charge in [-0.1, -0.05) is 23.8 Å². The van der Waals surface area contributed by atoms with E-state index in [0.29, 0.717) is 11.3 Å². The average Bonchev–Trinajstić information content (AvgIpc) is 2.87. The molecule has 23 heavy (non-hydrogen) atoms. The van der Waals surface area contributed by atoms with E-state index < -0.39 is 0 Å². The molecular formula is C16H15N5O2. The molecule has 0 amide bonds. The number of aryl methyl sites for hydroxylation is 1. The van der Waals surface area contributed by atoms with Gasteiger partial charge in [0.25, 0.3) is 5.91 Å². The largest absolute Gasteiger partial charge is 0.508 e. The zero-order valence-corrected chi connectivity index (χ0v) is 12.4. The summed E-state index contributed by atoms with van der Waals surface area (Å²) in [6.07, 6.45) is 0. The van der Waals surface area contributed by atoms with Gasteiger partial charge in [0.2, 0.25) is 11.9 Å². The van der Waals surface area contributed by atoms with Gasteiger partial charge in [0.05, 0.1) is 0 Å². The van der Waals surface area contributed by atoms with Crippen LogP contribution in [0.1, 0.15) is 15.9 Å². The molecule has 2 aromatic carbocycles. The van der Waals surface area contributed by atoms with E-state index in [1.54, 1.807) is 36.4 Å². The highest BCUT2D eigenvalue weighted by Crippen LogP contribution is 2.19. The molecule has 0 aliphatic heterocycles. The van der Waals surface area contributed by atoms with Gasteiger partial charge >= 0.3 is 0 Å². The first-order valence-corrected chi connectivity index (χ1v) is 6.93. The highest BCUT2D eigenvalue weighted by Gasteiger charge is 2.16. The van der Waals surface area contributed by atoms with Gasteiger partial charge in [0, 0.05) is 17.3 Å². The second kappa shape index (κ2) is 5.80. The van der Waals surface area contributed by atoms with Crippen LogP contribution >= 0.6 is 0 Å². The number of anilines is 3. The number of nitrogen functional groups attached to an aromatic ring is 1. The number of nitrogens with one attached hydrogen (secondary N) is 1. The maximum Gasteiger partial charge on any atom is 0.281 e. The van der Waals surface area contributed by atoms with Crippen LogP contribution in [0.3, 0.4) is 0 Å². The Morgan fingerprint density at radius 2 is 2.00 bits per heavy atom. The minimum atomic E-state index is -0.359. The predicted molar refractivity (Wildman–Crippen MR) is 86.7 cm³/mol. The van der Waals surface area contributed by atoms with Gasteiger partial charge in [-0.3, -0.25) is 4.79 Å². The fraction of sp³-hybridized carbons (Fsp3) is 0.0625. The zero-order valence-electron chi connectivity index (χ0n) is 12.4. The fourth-order valence-corrected chi connectivity index (χ4v) is 2.14. The van der Waals surface area contributed by atoms with Crippen LogP contribution in [0.25, 0.3) is 0 Å². The highest BCUT2D eigenvalue weighted by molar-refractivity contribution is 5.97. The second-order valence-electron chi connectivity index (χ2n) is 5.06. The molecule has 0 fully saturated rings. The van der Waals surface area contributed by atoms with E-state index in [0.717, 1.165) is 10.2 Å². The number of benzene rings is 2. The molecule has 0 saturated carbocycles. The number of carbonyl (C=O) groups excluding carboxylic acids is 1. The number of nitrogens with two attached hydrogens (primary N) is 1. The van der Waals surface area contributed by atoms with Crippen LogP contribution in [-0.2, 0) is 0 Å². The first-order chi connectivity index (χ1) is 11.0. The Kier molecular flexibility index (Phi) is 3.68. The summed E-state index contributed by atoms with van der Waals surface area (Å²) in [5.74, 6) is -0.0887. The topological polar surface area (TPSA) is 106 Å². The molecule has 0 aliphatic carbocycles. The Morgan fingerprint density at radius 1 is 1.22 bits per heavy atom. The predicted octanol–water partition coefficient (Wildman–Crippen LogP) is 2.31. The number of aromatic nitrogens is 3. The Balaban J connectivity index is 1.87. The number of rotatable bonds is 3. The molecule has 7 nitrogen and oxygen atoms in total. The molecule has 3 aromatic rings. The lowest BCUT2D eigenvalue weighted by Crippen LogP contribution is -2.16. The maximum absolute atomic E-state index is 12.5. The minimum absolute atomic E-state index is 0.0147. The van der Waals surface area contributed by atoms with Gasteiger partial charge in [-0.05, 0) is 31.2 Å². The van der Waals surface area contributed by atoms with Gasteiger partial charge in [-0.15, -0.1) is 5.10 Å². The Bertz CT molecular complexity index is 872. The van der Waals surface area contributed by atoms with E-state index in [4.69, 9.17) is 5.73 Å². The molecule has 0 bridgehead atoms. The van der Waals surface area contributed by atoms with Crippen molar-refractivity contribution in [3.63, 3.8) is 0 Å². The first kappa shape index (κ1) is 14.6. The van der Waals surface area contributed by atoms with Crippen LogP contribution in [0.2, 0.25) is 0 Å². The smallest absolute Gasteiger partial charge is 0.281 e. The molecule has 4 N–H and O–H groups in total. The molecule has 116 valence electrons. The van der Waals surface area contributed by atoms with Crippen LogP contribution in [0.15, 0.2) is 48.5 Å². The number of hydrogen-bond acceptors (Lipinski definition) is 6. The number of carbonyl (C=O) groups is 1. The van der Waals surface area contributed by atoms with Crippen molar-refractivity contribution in [2.24, 2.45) is 0 Å². The van der Waals surface area contributed by atoms with E-state index in [1.807, 2.05) is 13.0 Å². The fourth-order valence-electron chi connectivity index (χ4n) is 2.14. The third-order valence-electron chi connectivity index (χ3n) is 3.19. The third-order valence-corrected chi connectivity index (χ3v) is 3.19. The summed E-state index contributed by atoms with van der Waals surface area (Å²) in [4.78, 5) is 16.5. The normalized spacial score (nSPS) is 10.5. The van der Waals surface area contributed by atoms with Crippen LogP contribution < -0.4 is 11.1 Å². The lowest BCUT2D eigenvalue weighted by Gasteiger charge is -2.03. The van der Waals surface area contributed by atoms with E-state index in [1.165, 1.54) is 6.07 Å². The van der Waals surface area contributed by atoms with Crippen molar-refractivity contribution in [2.75, 3.05) is 11.1 Å². The lowest BCUT2D eigenvalue weighted by molar-refractivity contribution is 0.0948. The third kappa shape index (κ3) is 3.13. The average molecular weight is 309 g/mol. The Morgan fingerprint density at radius 3 is 2.74 bits per heavy atom. The lowest BCUT2D eigenvalue weighted by atomic mass is 10.1. The maximum atomic E-state index is 12.5. The molecule has 0 atom stereocenters. The van der Waals surface area contributed by atoms with Crippen molar-refractivity contribution in [3.05, 3.63) is 59.7 Å². The second-order valence-corrected chi connectivity index (χ2v) is 5.06. The van der Waals surface area contributed by atoms with E-state index in [9.17, 15) is 9.90 Å². The summed E-state index contributed by atoms with van der Waals surface area (Å²) >= 11 is 0. The quantitative estimate of drug-likeness (QED) is 0.685. The molecule has 0 saturated heterocycles. The van der Waals surface area contributed by atoms with Crippen molar-refractivity contribution in [1.82, 2.24) is 14.8 Å². The van der Waals surface area contributed by atoms with E-state index in [-0.39, 0.29) is 23.6 Å². The van der Waals surface area contributed by atoms with Crippen molar-refractivity contribution < 1.29 is 9.90 Å². The molecule has 1 heterocycles. The van der Waals surface area contributed by atoms with E-state index >= 15 is 0 Å². The summed E-state index contributed by atoms with van der Waals surface area (Å²) in [6.45, 7) is 1.90. The number of phenols is 1. The number of aromatic hydroxyl groups is 1. The van der Waals surface area contributed by atoms with Crippen LogP contribution in [0, 0.1) is 6.92 Å². The van der Waals surface area contributed by atoms with Gasteiger partial charge in [0.1, 0.15) is 5.75 Å². The van der Waals surface area contributed by atoms with Crippen LogP contribution in [0.4, 0.5) is 17.6 Å². The Labute approximate surface area is 132 Å². The summed E-state index contributed by atoms with van der Waals surface area (Å²) in [5.41, 5.74) is 7.81. The molecule has 0 unspecified atom stereocenters. The number of nitrogens with zero attached hydrogens (tertiary/aromatic N) is 3. The summed E-state index contributed by atoms with van der Waals surface area (Å²) in [7, 11) is 0. The van der Waals surface area contributed by atoms with Crippen molar-refractivity contribution >= 4 is 23.5 Å². The van der Waals surface area contributed by atoms with Crippen LogP contribution in [0.5, 0.6) is 5.75 Å². The van der Waals surface area contributed by atoms with Gasteiger partial charge in [-0.25, -0.2) is 0 Å². The van der Waals surface area contributed by atoms with Gasteiger partial charge in [-0.2, -0.15) is 9.67 Å². The standard InChI is InChI=1S/C16H15N5O2/c1-10-4-2-5-11(8-10)14(23)21-15(17)19-16(20-21)18-12-6-3-7-13(22)9-12/h2-9,22H,1H3,(H3,17,18,19,20). The summed E-state index contributed by atoms with van der Waals surface area (Å²) < 4.78 is 1.04. The van der Waals surface area contributed by atoms with Crippen molar-refractivity contribution in [1.29, 1.82) is 0 Å². The monoisotopic (exact) mass is 309 g/mol. The highest BCUT2D eigenvalue weighted by atomic mass is 16.3. The van der Waals surface area contributed by atoms with Gasteiger partial charge < -0.3 is 16.2 Å².